The predicted molar refractivity (Wildman–Crippen MR) is 83.5 cm³/mol. The van der Waals surface area contributed by atoms with Crippen molar-refractivity contribution in [3.05, 3.63) is 41.8 Å². The summed E-state index contributed by atoms with van der Waals surface area (Å²) < 4.78 is 24.9. The molecule has 1 atom stereocenters. The smallest absolute Gasteiger partial charge is 0.202 e. The molecule has 0 spiro atoms. The van der Waals surface area contributed by atoms with Gasteiger partial charge in [0.25, 0.3) is 0 Å². The Morgan fingerprint density at radius 2 is 1.90 bits per heavy atom. The number of ketones is 1. The molecule has 4 heteroatoms. The van der Waals surface area contributed by atoms with E-state index in [1.165, 1.54) is 0 Å². The number of Topliss-reactive ketones (excluding diaryl/α,β-unsaturated/α-hetero) is 1. The lowest BCUT2D eigenvalue weighted by Crippen LogP contribution is -2.29. The molecule has 1 aromatic carbocycles. The quantitative estimate of drug-likeness (QED) is 0.851. The molecule has 2 rings (SSSR count). The summed E-state index contributed by atoms with van der Waals surface area (Å²) in [5.74, 6) is 0.299. The highest BCUT2D eigenvalue weighted by atomic mass is 32.2. The zero-order chi connectivity index (χ0) is 15.7. The first-order chi connectivity index (χ1) is 9.71. The molecular formula is C17H22O3S. The molecule has 0 N–H and O–H groups in total. The molecule has 0 aliphatic heterocycles. The Kier molecular flexibility index (Phi) is 4.38. The van der Waals surface area contributed by atoms with Gasteiger partial charge in [-0.25, -0.2) is 8.42 Å². The summed E-state index contributed by atoms with van der Waals surface area (Å²) in [6.45, 7) is 7.89. The number of benzene rings is 1. The van der Waals surface area contributed by atoms with E-state index in [1.54, 1.807) is 30.3 Å². The zero-order valence-corrected chi connectivity index (χ0v) is 13.4. The number of carbonyl (C=O) groups excluding carboxylic acids is 1. The van der Waals surface area contributed by atoms with Gasteiger partial charge in [0.2, 0.25) is 9.84 Å². The van der Waals surface area contributed by atoms with Crippen LogP contribution in [-0.2, 0) is 14.6 Å². The Hall–Kier alpha value is -1.42. The molecule has 0 radical (unpaired) electrons. The number of sulfone groups is 1. The van der Waals surface area contributed by atoms with Crippen LogP contribution >= 0.6 is 0 Å². The minimum atomic E-state index is -3.50. The van der Waals surface area contributed by atoms with E-state index >= 15 is 0 Å². The molecule has 0 heterocycles. The molecule has 0 aromatic heterocycles. The van der Waals surface area contributed by atoms with Crippen LogP contribution < -0.4 is 0 Å². The van der Waals surface area contributed by atoms with E-state index in [0.717, 1.165) is 6.42 Å². The van der Waals surface area contributed by atoms with Gasteiger partial charge in [0.15, 0.2) is 0 Å². The Morgan fingerprint density at radius 1 is 1.29 bits per heavy atom. The average Bonchev–Trinajstić information content (AvgIpc) is 2.37. The van der Waals surface area contributed by atoms with Crippen molar-refractivity contribution in [2.24, 2.45) is 11.3 Å². The summed E-state index contributed by atoms with van der Waals surface area (Å²) in [5, 5.41) is 0. The molecule has 0 amide bonds. The Balaban J connectivity index is 2.13. The monoisotopic (exact) mass is 306 g/mol. The SMILES string of the molecule is C=C(C[C@@H]1CC(=O)CC(C)(C)C1)S(=O)(=O)c1ccccc1. The fourth-order valence-corrected chi connectivity index (χ4v) is 4.50. The summed E-state index contributed by atoms with van der Waals surface area (Å²) in [7, 11) is -3.50. The van der Waals surface area contributed by atoms with Gasteiger partial charge >= 0.3 is 0 Å². The van der Waals surface area contributed by atoms with Crippen molar-refractivity contribution in [3.63, 3.8) is 0 Å². The minimum absolute atomic E-state index is 0.0449. The molecular weight excluding hydrogens is 284 g/mol. The zero-order valence-electron chi connectivity index (χ0n) is 12.6. The molecule has 1 saturated carbocycles. The van der Waals surface area contributed by atoms with E-state index in [9.17, 15) is 13.2 Å². The number of hydrogen-bond acceptors (Lipinski definition) is 3. The normalized spacial score (nSPS) is 22.0. The standard InChI is InChI=1S/C17H22O3S/c1-13(21(19,20)16-7-5-4-6-8-16)9-14-10-15(18)12-17(2,3)11-14/h4-8,14H,1,9-12H2,2-3H3/t14-/m1/s1. The van der Waals surface area contributed by atoms with Gasteiger partial charge in [-0.3, -0.25) is 4.79 Å². The largest absolute Gasteiger partial charge is 0.300 e. The fourth-order valence-electron chi connectivity index (χ4n) is 3.20. The van der Waals surface area contributed by atoms with Crippen LogP contribution in [0.4, 0.5) is 0 Å². The molecule has 21 heavy (non-hydrogen) atoms. The van der Waals surface area contributed by atoms with Gasteiger partial charge in [0.1, 0.15) is 5.78 Å². The summed E-state index contributed by atoms with van der Waals surface area (Å²) >= 11 is 0. The number of carbonyl (C=O) groups is 1. The number of hydrogen-bond donors (Lipinski definition) is 0. The van der Waals surface area contributed by atoms with Crippen LogP contribution in [0.2, 0.25) is 0 Å². The summed E-state index contributed by atoms with van der Waals surface area (Å²) in [4.78, 5) is 12.3. The molecule has 114 valence electrons. The van der Waals surface area contributed by atoms with Crippen molar-refractivity contribution < 1.29 is 13.2 Å². The fraction of sp³-hybridized carbons (Fsp3) is 0.471. The number of allylic oxidation sites excluding steroid dienone is 1. The van der Waals surface area contributed by atoms with Crippen molar-refractivity contribution in [3.8, 4) is 0 Å². The van der Waals surface area contributed by atoms with E-state index in [4.69, 9.17) is 0 Å². The molecule has 0 saturated heterocycles. The van der Waals surface area contributed by atoms with Gasteiger partial charge in [0, 0.05) is 17.7 Å². The van der Waals surface area contributed by atoms with Crippen LogP contribution in [0, 0.1) is 11.3 Å². The second-order valence-corrected chi connectivity index (χ2v) is 8.77. The Bertz CT molecular complexity index is 642. The molecule has 3 nitrogen and oxygen atoms in total. The maximum Gasteiger partial charge on any atom is 0.202 e. The van der Waals surface area contributed by atoms with Crippen molar-refractivity contribution in [1.82, 2.24) is 0 Å². The molecule has 1 fully saturated rings. The predicted octanol–water partition coefficient (Wildman–Crippen LogP) is 3.76. The van der Waals surface area contributed by atoms with E-state index in [-0.39, 0.29) is 26.9 Å². The van der Waals surface area contributed by atoms with Crippen LogP contribution in [0.25, 0.3) is 0 Å². The van der Waals surface area contributed by atoms with Crippen molar-refractivity contribution in [2.45, 2.75) is 44.4 Å². The lowest BCUT2D eigenvalue weighted by molar-refractivity contribution is -0.124. The minimum Gasteiger partial charge on any atom is -0.300 e. The first-order valence-corrected chi connectivity index (χ1v) is 8.69. The lowest BCUT2D eigenvalue weighted by atomic mass is 9.71. The first-order valence-electron chi connectivity index (χ1n) is 7.20. The molecule has 0 unspecified atom stereocenters. The number of rotatable bonds is 4. The van der Waals surface area contributed by atoms with Crippen molar-refractivity contribution in [1.29, 1.82) is 0 Å². The molecule has 1 aromatic rings. The van der Waals surface area contributed by atoms with Crippen LogP contribution in [-0.4, -0.2) is 14.2 Å². The van der Waals surface area contributed by atoms with Gasteiger partial charge in [-0.2, -0.15) is 0 Å². The van der Waals surface area contributed by atoms with Crippen molar-refractivity contribution in [2.75, 3.05) is 0 Å². The Morgan fingerprint density at radius 3 is 2.48 bits per heavy atom. The van der Waals surface area contributed by atoms with Crippen LogP contribution in [0.1, 0.15) is 39.5 Å². The summed E-state index contributed by atoms with van der Waals surface area (Å²) in [6.07, 6.45) is 2.28. The maximum absolute atomic E-state index is 12.5. The Labute approximate surface area is 127 Å². The first kappa shape index (κ1) is 16.0. The topological polar surface area (TPSA) is 51.2 Å². The third kappa shape index (κ3) is 3.82. The van der Waals surface area contributed by atoms with E-state index in [2.05, 4.69) is 20.4 Å². The van der Waals surface area contributed by atoms with E-state index < -0.39 is 9.84 Å². The average molecular weight is 306 g/mol. The van der Waals surface area contributed by atoms with Crippen LogP contribution in [0.15, 0.2) is 46.7 Å². The van der Waals surface area contributed by atoms with Crippen LogP contribution in [0.5, 0.6) is 0 Å². The highest BCUT2D eigenvalue weighted by Crippen LogP contribution is 2.40. The summed E-state index contributed by atoms with van der Waals surface area (Å²) in [5.41, 5.74) is -0.0449. The van der Waals surface area contributed by atoms with Gasteiger partial charge in [0.05, 0.1) is 4.90 Å². The lowest BCUT2D eigenvalue weighted by Gasteiger charge is -2.34. The highest BCUT2D eigenvalue weighted by molar-refractivity contribution is 7.95. The second kappa shape index (κ2) is 5.76. The van der Waals surface area contributed by atoms with Gasteiger partial charge in [-0.1, -0.05) is 38.6 Å². The third-order valence-electron chi connectivity index (χ3n) is 3.98. The van der Waals surface area contributed by atoms with Crippen molar-refractivity contribution >= 4 is 15.6 Å². The molecule has 1 aliphatic rings. The van der Waals surface area contributed by atoms with E-state index in [0.29, 0.717) is 19.3 Å². The van der Waals surface area contributed by atoms with Gasteiger partial charge in [-0.15, -0.1) is 0 Å². The molecule has 1 aliphatic carbocycles. The highest BCUT2D eigenvalue weighted by Gasteiger charge is 2.34. The van der Waals surface area contributed by atoms with Gasteiger partial charge < -0.3 is 0 Å². The van der Waals surface area contributed by atoms with Gasteiger partial charge in [-0.05, 0) is 36.3 Å². The van der Waals surface area contributed by atoms with E-state index in [1.807, 2.05) is 0 Å². The van der Waals surface area contributed by atoms with Crippen LogP contribution in [0.3, 0.4) is 0 Å². The summed E-state index contributed by atoms with van der Waals surface area (Å²) in [6, 6.07) is 8.35. The second-order valence-electron chi connectivity index (χ2n) is 6.71. The third-order valence-corrected chi connectivity index (χ3v) is 5.80. The molecule has 0 bridgehead atoms. The maximum atomic E-state index is 12.5.